The Balaban J connectivity index is 1.44. The Bertz CT molecular complexity index is 1180. The molecule has 32 heavy (non-hydrogen) atoms. The Morgan fingerprint density at radius 2 is 1.91 bits per heavy atom. The molecule has 0 spiro atoms. The van der Waals surface area contributed by atoms with Crippen LogP contribution in [0.3, 0.4) is 0 Å². The van der Waals surface area contributed by atoms with Crippen LogP contribution in [0.2, 0.25) is 5.02 Å². The molecule has 0 saturated heterocycles. The highest BCUT2D eigenvalue weighted by atomic mass is 79.9. The van der Waals surface area contributed by atoms with E-state index in [0.29, 0.717) is 18.4 Å². The number of rotatable bonds is 5. The van der Waals surface area contributed by atoms with Crippen LogP contribution >= 0.6 is 27.5 Å². The average Bonchev–Trinajstić information content (AvgIpc) is 3.29. The summed E-state index contributed by atoms with van der Waals surface area (Å²) in [7, 11) is 1.69. The van der Waals surface area contributed by atoms with Crippen LogP contribution in [0, 0.1) is 12.8 Å². The van der Waals surface area contributed by atoms with Crippen molar-refractivity contribution in [3.8, 4) is 11.5 Å². The van der Waals surface area contributed by atoms with E-state index in [-0.39, 0.29) is 6.04 Å². The summed E-state index contributed by atoms with van der Waals surface area (Å²) in [5.41, 5.74) is 5.95. The Labute approximate surface area is 202 Å². The first kappa shape index (κ1) is 21.4. The van der Waals surface area contributed by atoms with Gasteiger partial charge in [-0.1, -0.05) is 53.6 Å². The highest BCUT2D eigenvalue weighted by Crippen LogP contribution is 2.51. The minimum Gasteiger partial charge on any atom is -0.493 e. The Morgan fingerprint density at radius 1 is 1.09 bits per heavy atom. The summed E-state index contributed by atoms with van der Waals surface area (Å²) < 4.78 is 12.8. The molecule has 0 amide bonds. The van der Waals surface area contributed by atoms with Crippen molar-refractivity contribution in [2.75, 3.05) is 12.4 Å². The number of methoxy groups -OCH3 is 1. The van der Waals surface area contributed by atoms with E-state index >= 15 is 0 Å². The fraction of sp³-hybridized carbons (Fsp3) is 0.259. The van der Waals surface area contributed by atoms with Crippen LogP contribution in [0.25, 0.3) is 0 Å². The van der Waals surface area contributed by atoms with E-state index < -0.39 is 0 Å². The smallest absolute Gasteiger partial charge is 0.175 e. The van der Waals surface area contributed by atoms with Crippen LogP contribution in [-0.4, -0.2) is 7.11 Å². The number of ether oxygens (including phenoxy) is 2. The molecule has 3 atom stereocenters. The lowest BCUT2D eigenvalue weighted by Crippen LogP contribution is -2.29. The van der Waals surface area contributed by atoms with Crippen molar-refractivity contribution in [2.45, 2.75) is 31.9 Å². The molecule has 1 aliphatic carbocycles. The molecule has 0 radical (unpaired) electrons. The van der Waals surface area contributed by atoms with E-state index in [9.17, 15) is 0 Å². The number of nitrogens with one attached hydrogen (secondary N) is 1. The molecule has 1 N–H and O–H groups in total. The molecule has 3 aromatic carbocycles. The molecular formula is C27H25BrClNO2. The SMILES string of the molecule is COc1cc([C@@H]2Nc3ccc(Cl)cc3[C@@H]3C=CC[C@@H]32)cc(Br)c1OCc1ccc(C)cc1. The summed E-state index contributed by atoms with van der Waals surface area (Å²) in [5, 5.41) is 4.54. The predicted molar refractivity (Wildman–Crippen MR) is 134 cm³/mol. The molecule has 1 heterocycles. The van der Waals surface area contributed by atoms with Gasteiger partial charge in [0.1, 0.15) is 6.61 Å². The van der Waals surface area contributed by atoms with E-state index in [2.05, 4.69) is 88.9 Å². The van der Waals surface area contributed by atoms with Gasteiger partial charge < -0.3 is 14.8 Å². The monoisotopic (exact) mass is 509 g/mol. The van der Waals surface area contributed by atoms with Crippen LogP contribution in [0.1, 0.15) is 40.6 Å². The molecule has 3 aromatic rings. The third kappa shape index (κ3) is 4.02. The van der Waals surface area contributed by atoms with Crippen molar-refractivity contribution in [3.63, 3.8) is 0 Å². The molecule has 0 bridgehead atoms. The lowest BCUT2D eigenvalue weighted by atomic mass is 9.77. The molecular weight excluding hydrogens is 486 g/mol. The number of hydrogen-bond acceptors (Lipinski definition) is 3. The fourth-order valence-corrected chi connectivity index (χ4v) is 5.55. The van der Waals surface area contributed by atoms with E-state index in [0.717, 1.165) is 38.7 Å². The quantitative estimate of drug-likeness (QED) is 0.355. The van der Waals surface area contributed by atoms with Crippen molar-refractivity contribution in [1.82, 2.24) is 0 Å². The van der Waals surface area contributed by atoms with Gasteiger partial charge in [-0.25, -0.2) is 0 Å². The molecule has 2 aliphatic rings. The summed E-state index contributed by atoms with van der Waals surface area (Å²) >= 11 is 10.0. The molecule has 5 heteroatoms. The van der Waals surface area contributed by atoms with Crippen molar-refractivity contribution in [3.05, 3.63) is 98.5 Å². The molecule has 0 saturated carbocycles. The van der Waals surface area contributed by atoms with Gasteiger partial charge in [0.15, 0.2) is 11.5 Å². The topological polar surface area (TPSA) is 30.5 Å². The van der Waals surface area contributed by atoms with Crippen molar-refractivity contribution in [2.24, 2.45) is 5.92 Å². The normalized spacial score (nSPS) is 20.9. The second kappa shape index (κ2) is 8.84. The number of allylic oxidation sites excluding steroid dienone is 2. The summed E-state index contributed by atoms with van der Waals surface area (Å²) in [5.74, 6) is 2.24. The van der Waals surface area contributed by atoms with E-state index in [1.807, 2.05) is 6.07 Å². The summed E-state index contributed by atoms with van der Waals surface area (Å²) in [6, 6.07) is 18.9. The molecule has 164 valence electrons. The Morgan fingerprint density at radius 3 is 2.69 bits per heavy atom. The third-order valence-electron chi connectivity index (χ3n) is 6.44. The Kier molecular flexibility index (Phi) is 5.92. The second-order valence-corrected chi connectivity index (χ2v) is 9.81. The van der Waals surface area contributed by atoms with Crippen LogP contribution in [0.15, 0.2) is 71.2 Å². The van der Waals surface area contributed by atoms with Crippen LogP contribution in [-0.2, 0) is 6.61 Å². The molecule has 1 aliphatic heterocycles. The van der Waals surface area contributed by atoms with Crippen LogP contribution in [0.4, 0.5) is 5.69 Å². The van der Waals surface area contributed by atoms with Gasteiger partial charge in [0.25, 0.3) is 0 Å². The summed E-state index contributed by atoms with van der Waals surface area (Å²) in [4.78, 5) is 0. The standard InChI is InChI=1S/C27H25BrClNO2/c1-16-6-8-17(9-7-16)15-32-27-23(28)12-18(13-25(27)31-2)26-21-5-3-4-20(21)22-14-19(29)10-11-24(22)30-26/h3-4,6-14,20-21,26,30H,5,15H2,1-2H3/t20-,21+,26+/m1/s1. The highest BCUT2D eigenvalue weighted by molar-refractivity contribution is 9.10. The van der Waals surface area contributed by atoms with Crippen molar-refractivity contribution in [1.29, 1.82) is 0 Å². The van der Waals surface area contributed by atoms with Gasteiger partial charge in [-0.2, -0.15) is 0 Å². The zero-order chi connectivity index (χ0) is 22.2. The zero-order valence-corrected chi connectivity index (χ0v) is 20.4. The number of anilines is 1. The van der Waals surface area contributed by atoms with E-state index in [1.165, 1.54) is 16.7 Å². The zero-order valence-electron chi connectivity index (χ0n) is 18.1. The molecule has 0 aromatic heterocycles. The first-order valence-corrected chi connectivity index (χ1v) is 12.0. The lowest BCUT2D eigenvalue weighted by Gasteiger charge is -2.38. The second-order valence-electron chi connectivity index (χ2n) is 8.52. The minimum absolute atomic E-state index is 0.167. The summed E-state index contributed by atoms with van der Waals surface area (Å²) in [6.45, 7) is 2.57. The fourth-order valence-electron chi connectivity index (χ4n) is 4.79. The minimum atomic E-state index is 0.167. The van der Waals surface area contributed by atoms with Gasteiger partial charge in [0, 0.05) is 16.6 Å². The van der Waals surface area contributed by atoms with Gasteiger partial charge in [-0.15, -0.1) is 0 Å². The highest BCUT2D eigenvalue weighted by Gasteiger charge is 2.38. The average molecular weight is 511 g/mol. The Hall–Kier alpha value is -2.43. The van der Waals surface area contributed by atoms with Gasteiger partial charge in [-0.3, -0.25) is 0 Å². The third-order valence-corrected chi connectivity index (χ3v) is 7.26. The maximum Gasteiger partial charge on any atom is 0.175 e. The van der Waals surface area contributed by atoms with Gasteiger partial charge in [0.05, 0.1) is 17.6 Å². The number of fused-ring (bicyclic) bond motifs is 3. The molecule has 0 unspecified atom stereocenters. The maximum absolute atomic E-state index is 6.29. The largest absolute Gasteiger partial charge is 0.493 e. The van der Waals surface area contributed by atoms with E-state index in [1.54, 1.807) is 7.11 Å². The predicted octanol–water partition coefficient (Wildman–Crippen LogP) is 7.83. The van der Waals surface area contributed by atoms with Crippen LogP contribution < -0.4 is 14.8 Å². The van der Waals surface area contributed by atoms with Gasteiger partial charge in [-0.05, 0) is 82.2 Å². The molecule has 0 fully saturated rings. The molecule has 5 rings (SSSR count). The number of benzene rings is 3. The lowest BCUT2D eigenvalue weighted by molar-refractivity contribution is 0.282. The summed E-state index contributed by atoms with van der Waals surface area (Å²) in [6.07, 6.45) is 5.63. The number of aryl methyl sites for hydroxylation is 1. The van der Waals surface area contributed by atoms with Crippen molar-refractivity contribution >= 4 is 33.2 Å². The number of hydrogen-bond donors (Lipinski definition) is 1. The first-order chi connectivity index (χ1) is 15.5. The van der Waals surface area contributed by atoms with Gasteiger partial charge in [0.2, 0.25) is 0 Å². The molecule has 3 nitrogen and oxygen atoms in total. The van der Waals surface area contributed by atoms with E-state index in [4.69, 9.17) is 21.1 Å². The van der Waals surface area contributed by atoms with Crippen molar-refractivity contribution < 1.29 is 9.47 Å². The van der Waals surface area contributed by atoms with Crippen LogP contribution in [0.5, 0.6) is 11.5 Å². The number of halogens is 2. The first-order valence-electron chi connectivity index (χ1n) is 10.8. The maximum atomic E-state index is 6.29. The van der Waals surface area contributed by atoms with Gasteiger partial charge >= 0.3 is 0 Å².